The Bertz CT molecular complexity index is 884. The van der Waals surface area contributed by atoms with Crippen LogP contribution in [0.15, 0.2) is 30.6 Å². The monoisotopic (exact) mass is 340 g/mol. The molecule has 3 aromatic rings. The van der Waals surface area contributed by atoms with E-state index in [1.807, 2.05) is 24.3 Å². The number of fused-ring (bicyclic) bond motifs is 1. The predicted octanol–water partition coefficient (Wildman–Crippen LogP) is 3.62. The highest BCUT2D eigenvalue weighted by molar-refractivity contribution is 7.18. The maximum Gasteiger partial charge on any atom is 0.253 e. The number of aryl methyl sites for hydroxylation is 2. The van der Waals surface area contributed by atoms with Crippen molar-refractivity contribution in [3.8, 4) is 0 Å². The summed E-state index contributed by atoms with van der Waals surface area (Å²) in [5, 5.41) is 4.49. The van der Waals surface area contributed by atoms with E-state index in [1.165, 1.54) is 10.4 Å². The zero-order chi connectivity index (χ0) is 17.3. The van der Waals surface area contributed by atoms with Gasteiger partial charge in [0.1, 0.15) is 17.0 Å². The molecule has 0 unspecified atom stereocenters. The second-order valence-corrected chi connectivity index (χ2v) is 7.14. The third kappa shape index (κ3) is 3.10. The van der Waals surface area contributed by atoms with Gasteiger partial charge in [0, 0.05) is 31.1 Å². The number of hydrogen-bond donors (Lipinski definition) is 1. The molecule has 1 N–H and O–H groups in total. The van der Waals surface area contributed by atoms with Crippen LogP contribution >= 0.6 is 11.3 Å². The number of anilines is 1. The molecule has 0 radical (unpaired) electrons. The Balaban J connectivity index is 1.78. The highest BCUT2D eigenvalue weighted by atomic mass is 32.1. The maximum atomic E-state index is 11.9. The molecule has 0 aliphatic rings. The summed E-state index contributed by atoms with van der Waals surface area (Å²) in [6, 6.07) is 7.64. The number of carbonyl (C=O) groups excluding carboxylic acids is 1. The number of benzene rings is 1. The van der Waals surface area contributed by atoms with Crippen LogP contribution in [0, 0.1) is 13.8 Å². The van der Waals surface area contributed by atoms with Crippen molar-refractivity contribution in [2.45, 2.75) is 20.4 Å². The Kier molecular flexibility index (Phi) is 4.49. The fraction of sp³-hybridized carbons (Fsp3) is 0.278. The predicted molar refractivity (Wildman–Crippen MR) is 98.7 cm³/mol. The van der Waals surface area contributed by atoms with Crippen molar-refractivity contribution in [1.29, 1.82) is 0 Å². The number of aromatic nitrogens is 2. The van der Waals surface area contributed by atoms with Crippen LogP contribution in [-0.4, -0.2) is 34.9 Å². The minimum absolute atomic E-state index is 0.0105. The van der Waals surface area contributed by atoms with Gasteiger partial charge in [-0.25, -0.2) is 9.97 Å². The van der Waals surface area contributed by atoms with E-state index in [4.69, 9.17) is 0 Å². The van der Waals surface area contributed by atoms with Crippen LogP contribution in [-0.2, 0) is 6.54 Å². The van der Waals surface area contributed by atoms with Crippen LogP contribution in [0.5, 0.6) is 0 Å². The minimum Gasteiger partial charge on any atom is -0.365 e. The minimum atomic E-state index is 0.0105. The molecule has 2 aromatic heterocycles. The fourth-order valence-electron chi connectivity index (χ4n) is 2.53. The second kappa shape index (κ2) is 6.57. The molecule has 1 aromatic carbocycles. The van der Waals surface area contributed by atoms with Crippen molar-refractivity contribution in [3.63, 3.8) is 0 Å². The number of rotatable bonds is 4. The molecular formula is C18H20N4OS. The van der Waals surface area contributed by atoms with Gasteiger partial charge in [0.2, 0.25) is 0 Å². The molecule has 0 fully saturated rings. The molecule has 0 aliphatic carbocycles. The van der Waals surface area contributed by atoms with Gasteiger partial charge in [-0.15, -0.1) is 11.3 Å². The first-order valence-corrected chi connectivity index (χ1v) is 8.54. The molecule has 24 heavy (non-hydrogen) atoms. The Morgan fingerprint density at radius 3 is 2.54 bits per heavy atom. The summed E-state index contributed by atoms with van der Waals surface area (Å²) in [5.74, 6) is 0.867. The van der Waals surface area contributed by atoms with E-state index in [0.29, 0.717) is 12.1 Å². The van der Waals surface area contributed by atoms with Gasteiger partial charge in [0.15, 0.2) is 0 Å². The summed E-state index contributed by atoms with van der Waals surface area (Å²) in [6.45, 7) is 4.85. The number of thiophene rings is 1. The van der Waals surface area contributed by atoms with Crippen molar-refractivity contribution >= 4 is 33.3 Å². The number of amides is 1. The van der Waals surface area contributed by atoms with Gasteiger partial charge in [-0.3, -0.25) is 4.79 Å². The molecule has 0 spiro atoms. The molecule has 6 heteroatoms. The number of hydrogen-bond acceptors (Lipinski definition) is 5. The van der Waals surface area contributed by atoms with E-state index in [-0.39, 0.29) is 5.91 Å². The first kappa shape index (κ1) is 16.4. The van der Waals surface area contributed by atoms with Gasteiger partial charge in [0.05, 0.1) is 5.39 Å². The lowest BCUT2D eigenvalue weighted by Gasteiger charge is -2.11. The largest absolute Gasteiger partial charge is 0.365 e. The van der Waals surface area contributed by atoms with Crippen LogP contribution in [0.25, 0.3) is 10.2 Å². The van der Waals surface area contributed by atoms with E-state index in [9.17, 15) is 4.79 Å². The summed E-state index contributed by atoms with van der Waals surface area (Å²) < 4.78 is 0. The average Bonchev–Trinajstić information content (AvgIpc) is 2.88. The van der Waals surface area contributed by atoms with Crippen LogP contribution in [0.4, 0.5) is 5.82 Å². The van der Waals surface area contributed by atoms with Gasteiger partial charge >= 0.3 is 0 Å². The van der Waals surface area contributed by atoms with Crippen molar-refractivity contribution in [2.75, 3.05) is 19.4 Å². The lowest BCUT2D eigenvalue weighted by molar-refractivity contribution is 0.0827. The molecule has 0 aliphatic heterocycles. The zero-order valence-corrected chi connectivity index (χ0v) is 15.1. The molecule has 0 saturated carbocycles. The van der Waals surface area contributed by atoms with Gasteiger partial charge in [-0.05, 0) is 37.1 Å². The molecule has 0 bridgehead atoms. The fourth-order valence-corrected chi connectivity index (χ4v) is 3.52. The van der Waals surface area contributed by atoms with Crippen molar-refractivity contribution in [1.82, 2.24) is 14.9 Å². The molecule has 5 nitrogen and oxygen atoms in total. The van der Waals surface area contributed by atoms with Gasteiger partial charge < -0.3 is 10.2 Å². The van der Waals surface area contributed by atoms with Crippen molar-refractivity contribution in [3.05, 3.63) is 52.2 Å². The zero-order valence-electron chi connectivity index (χ0n) is 14.3. The second-order valence-electron chi connectivity index (χ2n) is 5.94. The SMILES string of the molecule is Cc1sc2ncnc(NCc3ccc(C(=O)N(C)C)cc3)c2c1C. The van der Waals surface area contributed by atoms with Crippen LogP contribution in [0.3, 0.4) is 0 Å². The Morgan fingerprint density at radius 2 is 1.88 bits per heavy atom. The van der Waals surface area contributed by atoms with Crippen molar-refractivity contribution in [2.24, 2.45) is 0 Å². The van der Waals surface area contributed by atoms with Crippen LogP contribution < -0.4 is 5.32 Å². The molecule has 0 atom stereocenters. The van der Waals surface area contributed by atoms with E-state index in [2.05, 4.69) is 29.1 Å². The van der Waals surface area contributed by atoms with E-state index in [1.54, 1.807) is 36.7 Å². The third-order valence-corrected chi connectivity index (χ3v) is 5.15. The molecule has 0 saturated heterocycles. The summed E-state index contributed by atoms with van der Waals surface area (Å²) in [6.07, 6.45) is 1.60. The summed E-state index contributed by atoms with van der Waals surface area (Å²) in [4.78, 5) is 24.5. The number of nitrogens with one attached hydrogen (secondary N) is 1. The van der Waals surface area contributed by atoms with Crippen LogP contribution in [0.2, 0.25) is 0 Å². The average molecular weight is 340 g/mol. The van der Waals surface area contributed by atoms with E-state index in [0.717, 1.165) is 21.6 Å². The summed E-state index contributed by atoms with van der Waals surface area (Å²) in [7, 11) is 3.51. The number of carbonyl (C=O) groups is 1. The summed E-state index contributed by atoms with van der Waals surface area (Å²) >= 11 is 1.69. The smallest absolute Gasteiger partial charge is 0.253 e. The molecule has 124 valence electrons. The quantitative estimate of drug-likeness (QED) is 0.788. The number of nitrogens with zero attached hydrogens (tertiary/aromatic N) is 3. The normalized spacial score (nSPS) is 10.8. The lowest BCUT2D eigenvalue weighted by atomic mass is 10.1. The Hall–Kier alpha value is -2.47. The maximum absolute atomic E-state index is 11.9. The van der Waals surface area contributed by atoms with E-state index >= 15 is 0 Å². The molecule has 3 rings (SSSR count). The third-order valence-electron chi connectivity index (χ3n) is 4.03. The van der Waals surface area contributed by atoms with Crippen LogP contribution in [0.1, 0.15) is 26.4 Å². The molecule has 1 amide bonds. The molecule has 2 heterocycles. The lowest BCUT2D eigenvalue weighted by Crippen LogP contribution is -2.21. The first-order valence-electron chi connectivity index (χ1n) is 7.72. The topological polar surface area (TPSA) is 58.1 Å². The highest BCUT2D eigenvalue weighted by Gasteiger charge is 2.12. The van der Waals surface area contributed by atoms with Gasteiger partial charge in [-0.1, -0.05) is 12.1 Å². The Morgan fingerprint density at radius 1 is 1.17 bits per heavy atom. The van der Waals surface area contributed by atoms with Gasteiger partial charge in [0.25, 0.3) is 5.91 Å². The first-order chi connectivity index (χ1) is 11.5. The summed E-state index contributed by atoms with van der Waals surface area (Å²) in [5.41, 5.74) is 3.02. The van der Waals surface area contributed by atoms with Gasteiger partial charge in [-0.2, -0.15) is 0 Å². The highest BCUT2D eigenvalue weighted by Crippen LogP contribution is 2.32. The standard InChI is InChI=1S/C18H20N4OS/c1-11-12(2)24-17-15(11)16(20-10-21-17)19-9-13-5-7-14(8-6-13)18(23)22(3)4/h5-8,10H,9H2,1-4H3,(H,19,20,21). The Labute approximate surface area is 145 Å². The van der Waals surface area contributed by atoms with E-state index < -0.39 is 0 Å². The molecular weight excluding hydrogens is 320 g/mol. The van der Waals surface area contributed by atoms with Crippen molar-refractivity contribution < 1.29 is 4.79 Å².